The van der Waals surface area contributed by atoms with Gasteiger partial charge in [0.2, 0.25) is 0 Å². The van der Waals surface area contributed by atoms with Gasteiger partial charge >= 0.3 is 0 Å². The first kappa shape index (κ1) is 11.0. The highest BCUT2D eigenvalue weighted by atomic mass is 16.5. The molecule has 0 N–H and O–H groups in total. The SMILES string of the molecule is CC(C)CC(C)C1CCOC(C)C1. The van der Waals surface area contributed by atoms with E-state index in [4.69, 9.17) is 4.74 Å². The summed E-state index contributed by atoms with van der Waals surface area (Å²) in [6.07, 6.45) is 4.41. The molecule has 0 aromatic heterocycles. The molecule has 1 aliphatic heterocycles. The molecule has 1 saturated heterocycles. The Labute approximate surface area is 82.9 Å². The van der Waals surface area contributed by atoms with Crippen LogP contribution in [0.4, 0.5) is 0 Å². The molecular formula is C12H24O. The Kier molecular flexibility index (Phi) is 4.24. The van der Waals surface area contributed by atoms with Crippen molar-refractivity contribution >= 4 is 0 Å². The normalized spacial score (nSPS) is 32.1. The molecule has 0 amide bonds. The lowest BCUT2D eigenvalue weighted by atomic mass is 9.81. The molecule has 1 rings (SSSR count). The summed E-state index contributed by atoms with van der Waals surface area (Å²) in [5.74, 6) is 2.63. The van der Waals surface area contributed by atoms with Crippen molar-refractivity contribution in [3.63, 3.8) is 0 Å². The van der Waals surface area contributed by atoms with Crippen molar-refractivity contribution in [3.8, 4) is 0 Å². The number of hydrogen-bond acceptors (Lipinski definition) is 1. The van der Waals surface area contributed by atoms with Crippen molar-refractivity contribution in [2.45, 2.75) is 53.1 Å². The maximum absolute atomic E-state index is 5.56. The lowest BCUT2D eigenvalue weighted by Gasteiger charge is -2.32. The van der Waals surface area contributed by atoms with Gasteiger partial charge in [-0.25, -0.2) is 0 Å². The fourth-order valence-electron chi connectivity index (χ4n) is 2.49. The van der Waals surface area contributed by atoms with E-state index in [-0.39, 0.29) is 0 Å². The maximum atomic E-state index is 5.56. The number of hydrogen-bond donors (Lipinski definition) is 0. The highest BCUT2D eigenvalue weighted by Crippen LogP contribution is 2.30. The Bertz CT molecular complexity index is 142. The van der Waals surface area contributed by atoms with Gasteiger partial charge in [-0.3, -0.25) is 0 Å². The summed E-state index contributed by atoms with van der Waals surface area (Å²) >= 11 is 0. The van der Waals surface area contributed by atoms with Gasteiger partial charge in [0, 0.05) is 6.61 Å². The Morgan fingerprint density at radius 1 is 1.31 bits per heavy atom. The van der Waals surface area contributed by atoms with Crippen LogP contribution in [0.1, 0.15) is 47.0 Å². The van der Waals surface area contributed by atoms with E-state index in [2.05, 4.69) is 27.7 Å². The Morgan fingerprint density at radius 3 is 2.54 bits per heavy atom. The van der Waals surface area contributed by atoms with Gasteiger partial charge in [0.05, 0.1) is 6.10 Å². The average Bonchev–Trinajstić information content (AvgIpc) is 2.03. The van der Waals surface area contributed by atoms with Crippen molar-refractivity contribution in [2.75, 3.05) is 6.61 Å². The number of ether oxygens (including phenoxy) is 1. The van der Waals surface area contributed by atoms with E-state index in [0.717, 1.165) is 24.4 Å². The summed E-state index contributed by atoms with van der Waals surface area (Å²) < 4.78 is 5.56. The van der Waals surface area contributed by atoms with Crippen molar-refractivity contribution < 1.29 is 4.74 Å². The highest BCUT2D eigenvalue weighted by Gasteiger charge is 2.24. The van der Waals surface area contributed by atoms with Crippen LogP contribution in [0.3, 0.4) is 0 Å². The minimum absolute atomic E-state index is 0.494. The van der Waals surface area contributed by atoms with Crippen LogP contribution in [0, 0.1) is 17.8 Å². The molecule has 0 saturated carbocycles. The second kappa shape index (κ2) is 4.99. The first-order chi connectivity index (χ1) is 6.09. The molecule has 0 spiro atoms. The molecule has 13 heavy (non-hydrogen) atoms. The molecule has 3 atom stereocenters. The summed E-state index contributed by atoms with van der Waals surface area (Å²) in [4.78, 5) is 0. The first-order valence-electron chi connectivity index (χ1n) is 5.71. The minimum atomic E-state index is 0.494. The van der Waals surface area contributed by atoms with Crippen molar-refractivity contribution in [2.24, 2.45) is 17.8 Å². The van der Waals surface area contributed by atoms with Crippen molar-refractivity contribution in [1.29, 1.82) is 0 Å². The molecule has 0 aromatic carbocycles. The molecule has 1 heteroatoms. The van der Waals surface area contributed by atoms with Crippen LogP contribution < -0.4 is 0 Å². The van der Waals surface area contributed by atoms with Gasteiger partial charge in [-0.1, -0.05) is 20.8 Å². The van der Waals surface area contributed by atoms with E-state index < -0.39 is 0 Å². The second-order valence-electron chi connectivity index (χ2n) is 5.07. The third-order valence-electron chi connectivity index (χ3n) is 3.17. The van der Waals surface area contributed by atoms with Crippen LogP contribution in [-0.4, -0.2) is 12.7 Å². The summed E-state index contributed by atoms with van der Waals surface area (Å²) in [5, 5.41) is 0. The minimum Gasteiger partial charge on any atom is -0.378 e. The van der Waals surface area contributed by atoms with Gasteiger partial charge in [0.1, 0.15) is 0 Å². The Balaban J connectivity index is 2.32. The maximum Gasteiger partial charge on any atom is 0.0549 e. The summed E-state index contributed by atoms with van der Waals surface area (Å²) in [6, 6.07) is 0. The van der Waals surface area contributed by atoms with E-state index >= 15 is 0 Å². The van der Waals surface area contributed by atoms with E-state index in [1.165, 1.54) is 19.3 Å². The Hall–Kier alpha value is -0.0400. The van der Waals surface area contributed by atoms with Crippen LogP contribution in [0.15, 0.2) is 0 Å². The van der Waals surface area contributed by atoms with Crippen LogP contribution in [-0.2, 0) is 4.74 Å². The number of rotatable bonds is 3. The average molecular weight is 184 g/mol. The summed E-state index contributed by atoms with van der Waals surface area (Å²) in [5.41, 5.74) is 0. The molecule has 0 aliphatic carbocycles. The van der Waals surface area contributed by atoms with E-state index in [9.17, 15) is 0 Å². The summed E-state index contributed by atoms with van der Waals surface area (Å²) in [7, 11) is 0. The molecule has 78 valence electrons. The van der Waals surface area contributed by atoms with Gasteiger partial charge in [-0.15, -0.1) is 0 Å². The largest absolute Gasteiger partial charge is 0.378 e. The zero-order chi connectivity index (χ0) is 9.84. The third kappa shape index (κ3) is 3.68. The third-order valence-corrected chi connectivity index (χ3v) is 3.17. The quantitative estimate of drug-likeness (QED) is 0.652. The van der Waals surface area contributed by atoms with Crippen LogP contribution >= 0.6 is 0 Å². The van der Waals surface area contributed by atoms with Crippen LogP contribution in [0.25, 0.3) is 0 Å². The van der Waals surface area contributed by atoms with Gasteiger partial charge < -0.3 is 4.74 Å². The molecular weight excluding hydrogens is 160 g/mol. The van der Waals surface area contributed by atoms with E-state index in [1.807, 2.05) is 0 Å². The monoisotopic (exact) mass is 184 g/mol. The fraction of sp³-hybridized carbons (Fsp3) is 1.00. The Morgan fingerprint density at radius 2 is 2.00 bits per heavy atom. The van der Waals surface area contributed by atoms with Gasteiger partial charge in [-0.05, 0) is 43.9 Å². The fourth-order valence-corrected chi connectivity index (χ4v) is 2.49. The molecule has 1 nitrogen and oxygen atoms in total. The van der Waals surface area contributed by atoms with Crippen molar-refractivity contribution in [1.82, 2.24) is 0 Å². The highest BCUT2D eigenvalue weighted by molar-refractivity contribution is 4.74. The predicted molar refractivity (Wildman–Crippen MR) is 56.8 cm³/mol. The zero-order valence-corrected chi connectivity index (χ0v) is 9.55. The molecule has 1 heterocycles. The van der Waals surface area contributed by atoms with Gasteiger partial charge in [0.15, 0.2) is 0 Å². The molecule has 1 aliphatic rings. The standard InChI is InChI=1S/C12H24O/c1-9(2)7-10(3)12-5-6-13-11(4)8-12/h9-12H,5-8H2,1-4H3. The smallest absolute Gasteiger partial charge is 0.0549 e. The van der Waals surface area contributed by atoms with Gasteiger partial charge in [-0.2, -0.15) is 0 Å². The van der Waals surface area contributed by atoms with Crippen molar-refractivity contribution in [3.05, 3.63) is 0 Å². The lowest BCUT2D eigenvalue weighted by Crippen LogP contribution is -2.27. The topological polar surface area (TPSA) is 9.23 Å². The predicted octanol–water partition coefficient (Wildman–Crippen LogP) is 3.48. The first-order valence-corrected chi connectivity index (χ1v) is 5.71. The summed E-state index contributed by atoms with van der Waals surface area (Å²) in [6.45, 7) is 10.2. The lowest BCUT2D eigenvalue weighted by molar-refractivity contribution is -0.0120. The van der Waals surface area contributed by atoms with E-state index in [1.54, 1.807) is 0 Å². The molecule has 0 radical (unpaired) electrons. The molecule has 1 fully saturated rings. The van der Waals surface area contributed by atoms with Crippen LogP contribution in [0.2, 0.25) is 0 Å². The second-order valence-corrected chi connectivity index (χ2v) is 5.07. The molecule has 0 bridgehead atoms. The van der Waals surface area contributed by atoms with E-state index in [0.29, 0.717) is 6.10 Å². The van der Waals surface area contributed by atoms with Crippen LogP contribution in [0.5, 0.6) is 0 Å². The van der Waals surface area contributed by atoms with Gasteiger partial charge in [0.25, 0.3) is 0 Å². The zero-order valence-electron chi connectivity index (χ0n) is 9.55. The molecule has 3 unspecified atom stereocenters. The molecule has 0 aromatic rings.